The number of urea groups is 1. The van der Waals surface area contributed by atoms with Crippen LogP contribution >= 0.6 is 0 Å². The lowest BCUT2D eigenvalue weighted by atomic mass is 9.72. The average molecular weight is 405 g/mol. The lowest BCUT2D eigenvalue weighted by Gasteiger charge is -2.61. The van der Waals surface area contributed by atoms with E-state index < -0.39 is 23.7 Å². The highest BCUT2D eigenvalue weighted by molar-refractivity contribution is 6.00. The van der Waals surface area contributed by atoms with Crippen molar-refractivity contribution < 1.29 is 27.9 Å². The van der Waals surface area contributed by atoms with E-state index in [4.69, 9.17) is 0 Å². The van der Waals surface area contributed by atoms with Crippen molar-refractivity contribution in [3.63, 3.8) is 0 Å². The maximum Gasteiger partial charge on any atom is 0.418 e. The van der Waals surface area contributed by atoms with Crippen molar-refractivity contribution in [3.8, 4) is 0 Å². The first kappa shape index (κ1) is 19.1. The molecule has 2 saturated heterocycles. The summed E-state index contributed by atoms with van der Waals surface area (Å²) in [5, 5.41) is 11.8. The summed E-state index contributed by atoms with van der Waals surface area (Å²) < 4.78 is 39.6. The number of amides is 2. The van der Waals surface area contributed by atoms with Crippen LogP contribution in [0.25, 0.3) is 0 Å². The summed E-state index contributed by atoms with van der Waals surface area (Å²) in [6.45, 7) is 1.71. The van der Waals surface area contributed by atoms with Crippen LogP contribution in [0.3, 0.4) is 0 Å². The van der Waals surface area contributed by atoms with E-state index in [9.17, 15) is 27.9 Å². The van der Waals surface area contributed by atoms with E-state index in [0.717, 1.165) is 6.07 Å². The van der Waals surface area contributed by atoms with Crippen LogP contribution in [0.2, 0.25) is 0 Å². The van der Waals surface area contributed by atoms with Gasteiger partial charge in [-0.1, -0.05) is 24.3 Å². The van der Waals surface area contributed by atoms with Gasteiger partial charge in [0, 0.05) is 37.3 Å². The Morgan fingerprint density at radius 2 is 1.59 bits per heavy atom. The standard InChI is InChI=1S/C20H18F3N3O3/c21-20(22,23)14-6-2-4-8-16(14)25-9-19(10-25)11-26(12-19)18(29)24-15-7-3-1-5-13(15)17(27)28/h1-8H,9-12H2,(H,24,29)(H,27,28). The number of carboxylic acid groups (broad SMARTS) is 1. The minimum Gasteiger partial charge on any atom is -0.478 e. The van der Waals surface area contributed by atoms with Gasteiger partial charge < -0.3 is 20.2 Å². The minimum atomic E-state index is -4.41. The summed E-state index contributed by atoms with van der Waals surface area (Å²) in [7, 11) is 0. The lowest BCUT2D eigenvalue weighted by Crippen LogP contribution is -2.73. The number of alkyl halides is 3. The molecule has 0 saturated carbocycles. The number of nitrogens with one attached hydrogen (secondary N) is 1. The highest BCUT2D eigenvalue weighted by atomic mass is 19.4. The molecule has 0 unspecified atom stereocenters. The molecule has 29 heavy (non-hydrogen) atoms. The fraction of sp³-hybridized carbons (Fsp3) is 0.300. The molecule has 0 bridgehead atoms. The number of anilines is 2. The number of nitrogens with zero attached hydrogens (tertiary/aromatic N) is 2. The number of halogens is 3. The molecule has 1 spiro atoms. The van der Waals surface area contributed by atoms with Crippen LogP contribution in [0.5, 0.6) is 0 Å². The Labute approximate surface area is 164 Å². The summed E-state index contributed by atoms with van der Waals surface area (Å²) in [5.41, 5.74) is -0.518. The summed E-state index contributed by atoms with van der Waals surface area (Å²) in [5.74, 6) is -1.14. The Kier molecular flexibility index (Phi) is 4.40. The van der Waals surface area contributed by atoms with Gasteiger partial charge >= 0.3 is 18.2 Å². The molecule has 2 amide bonds. The number of hydrogen-bond acceptors (Lipinski definition) is 3. The van der Waals surface area contributed by atoms with E-state index in [-0.39, 0.29) is 22.4 Å². The normalized spacial score (nSPS) is 17.5. The minimum absolute atomic E-state index is 0.00494. The number of aromatic carboxylic acids is 1. The third kappa shape index (κ3) is 3.48. The zero-order valence-electron chi connectivity index (χ0n) is 15.2. The van der Waals surface area contributed by atoms with Crippen LogP contribution in [-0.4, -0.2) is 48.2 Å². The summed E-state index contributed by atoms with van der Waals surface area (Å²) in [6, 6.07) is 11.2. The van der Waals surface area contributed by atoms with Crippen molar-refractivity contribution in [1.82, 2.24) is 4.90 Å². The highest BCUT2D eigenvalue weighted by Gasteiger charge is 2.54. The molecule has 2 aliphatic heterocycles. The molecule has 0 radical (unpaired) electrons. The Hall–Kier alpha value is -3.23. The molecular formula is C20H18F3N3O3. The molecule has 4 rings (SSSR count). The number of carbonyl (C=O) groups excluding carboxylic acids is 1. The molecule has 2 fully saturated rings. The maximum atomic E-state index is 13.2. The van der Waals surface area contributed by atoms with Crippen molar-refractivity contribution >= 4 is 23.4 Å². The lowest BCUT2D eigenvalue weighted by molar-refractivity contribution is -0.137. The van der Waals surface area contributed by atoms with Gasteiger partial charge in [-0.15, -0.1) is 0 Å². The van der Waals surface area contributed by atoms with Crippen molar-refractivity contribution in [3.05, 3.63) is 59.7 Å². The molecule has 0 atom stereocenters. The second kappa shape index (κ2) is 6.68. The number of hydrogen-bond donors (Lipinski definition) is 2. The zero-order valence-corrected chi connectivity index (χ0v) is 15.2. The van der Waals surface area contributed by atoms with Crippen LogP contribution in [0.4, 0.5) is 29.3 Å². The number of benzene rings is 2. The molecule has 2 N–H and O–H groups in total. The summed E-state index contributed by atoms with van der Waals surface area (Å²) in [4.78, 5) is 26.8. The second-order valence-electron chi connectivity index (χ2n) is 7.51. The Balaban J connectivity index is 1.36. The Morgan fingerprint density at radius 1 is 0.966 bits per heavy atom. The van der Waals surface area contributed by atoms with Gasteiger partial charge in [0.2, 0.25) is 0 Å². The number of rotatable bonds is 3. The van der Waals surface area contributed by atoms with Crippen LogP contribution in [0.1, 0.15) is 15.9 Å². The number of carbonyl (C=O) groups is 2. The van der Waals surface area contributed by atoms with Crippen molar-refractivity contribution in [2.45, 2.75) is 6.18 Å². The van der Waals surface area contributed by atoms with Gasteiger partial charge in [-0.25, -0.2) is 9.59 Å². The number of carboxylic acids is 1. The largest absolute Gasteiger partial charge is 0.478 e. The third-order valence-electron chi connectivity index (χ3n) is 5.34. The van der Waals surface area contributed by atoms with Crippen LogP contribution in [0.15, 0.2) is 48.5 Å². The molecule has 2 aromatic carbocycles. The molecule has 0 aromatic heterocycles. The predicted octanol–water partition coefficient (Wildman–Crippen LogP) is 3.76. The van der Waals surface area contributed by atoms with E-state index in [1.165, 1.54) is 29.2 Å². The van der Waals surface area contributed by atoms with E-state index >= 15 is 0 Å². The predicted molar refractivity (Wildman–Crippen MR) is 100 cm³/mol. The molecular weight excluding hydrogens is 387 g/mol. The number of likely N-dealkylation sites (tertiary alicyclic amines) is 1. The molecule has 2 aromatic rings. The quantitative estimate of drug-likeness (QED) is 0.816. The van der Waals surface area contributed by atoms with Gasteiger partial charge in [0.25, 0.3) is 0 Å². The van der Waals surface area contributed by atoms with Crippen LogP contribution < -0.4 is 10.2 Å². The highest BCUT2D eigenvalue weighted by Crippen LogP contribution is 2.45. The monoisotopic (exact) mass is 405 g/mol. The molecule has 2 heterocycles. The van der Waals surface area contributed by atoms with Gasteiger partial charge in [0.1, 0.15) is 0 Å². The average Bonchev–Trinajstić information content (AvgIpc) is 2.59. The first-order valence-corrected chi connectivity index (χ1v) is 8.98. The van der Waals surface area contributed by atoms with E-state index in [0.29, 0.717) is 26.2 Å². The van der Waals surface area contributed by atoms with Gasteiger partial charge in [0.15, 0.2) is 0 Å². The SMILES string of the molecule is O=C(O)c1ccccc1NC(=O)N1CC2(C1)CN(c1ccccc1C(F)(F)F)C2. The fourth-order valence-corrected chi connectivity index (χ4v) is 4.00. The van der Waals surface area contributed by atoms with Crippen molar-refractivity contribution in [2.24, 2.45) is 5.41 Å². The Bertz CT molecular complexity index is 963. The zero-order chi connectivity index (χ0) is 20.8. The Morgan fingerprint density at radius 3 is 2.24 bits per heavy atom. The van der Waals surface area contributed by atoms with Gasteiger partial charge in [-0.2, -0.15) is 13.2 Å². The first-order chi connectivity index (χ1) is 13.7. The number of para-hydroxylation sites is 2. The van der Waals surface area contributed by atoms with Crippen molar-refractivity contribution in [2.75, 3.05) is 36.4 Å². The van der Waals surface area contributed by atoms with Gasteiger partial charge in [0.05, 0.1) is 16.8 Å². The van der Waals surface area contributed by atoms with E-state index in [2.05, 4.69) is 5.32 Å². The molecule has 9 heteroatoms. The second-order valence-corrected chi connectivity index (χ2v) is 7.51. The van der Waals surface area contributed by atoms with E-state index in [1.807, 2.05) is 0 Å². The fourth-order valence-electron chi connectivity index (χ4n) is 4.00. The van der Waals surface area contributed by atoms with Gasteiger partial charge in [-0.05, 0) is 24.3 Å². The third-order valence-corrected chi connectivity index (χ3v) is 5.34. The molecule has 0 aliphatic carbocycles. The van der Waals surface area contributed by atoms with Crippen molar-refractivity contribution in [1.29, 1.82) is 0 Å². The summed E-state index contributed by atoms with van der Waals surface area (Å²) in [6.07, 6.45) is -4.41. The van der Waals surface area contributed by atoms with Crippen LogP contribution in [-0.2, 0) is 6.18 Å². The molecule has 2 aliphatic rings. The van der Waals surface area contributed by atoms with Gasteiger partial charge in [-0.3, -0.25) is 0 Å². The topological polar surface area (TPSA) is 72.9 Å². The molecule has 6 nitrogen and oxygen atoms in total. The summed E-state index contributed by atoms with van der Waals surface area (Å²) >= 11 is 0. The molecule has 152 valence electrons. The maximum absolute atomic E-state index is 13.2. The van der Waals surface area contributed by atoms with Crippen LogP contribution in [0, 0.1) is 5.41 Å². The smallest absolute Gasteiger partial charge is 0.418 e. The first-order valence-electron chi connectivity index (χ1n) is 8.98. The van der Waals surface area contributed by atoms with E-state index in [1.54, 1.807) is 23.1 Å².